The van der Waals surface area contributed by atoms with Crippen LogP contribution in [0.2, 0.25) is 0 Å². The van der Waals surface area contributed by atoms with E-state index in [1.807, 2.05) is 24.3 Å². The average molecular weight is 453 g/mol. The van der Waals surface area contributed by atoms with Gasteiger partial charge in [0, 0.05) is 12.2 Å². The minimum atomic E-state index is -0.946. The van der Waals surface area contributed by atoms with Gasteiger partial charge in [0.15, 0.2) is 0 Å². The number of ether oxygens (including phenoxy) is 3. The Morgan fingerprint density at radius 2 is 1.64 bits per heavy atom. The highest BCUT2D eigenvalue weighted by molar-refractivity contribution is 5.88. The quantitative estimate of drug-likeness (QED) is 0.190. The molecule has 6 nitrogen and oxygen atoms in total. The lowest BCUT2D eigenvalue weighted by Crippen LogP contribution is -2.24. The second kappa shape index (κ2) is 14.6. The summed E-state index contributed by atoms with van der Waals surface area (Å²) in [7, 11) is 0. The Hall–Kier alpha value is -3.38. The molecule has 0 fully saturated rings. The first kappa shape index (κ1) is 25.9. The lowest BCUT2D eigenvalue weighted by molar-refractivity contribution is -0.141. The molecule has 0 radical (unpaired) electrons. The van der Waals surface area contributed by atoms with Crippen molar-refractivity contribution in [3.8, 4) is 11.5 Å². The molecule has 0 aliphatic rings. The van der Waals surface area contributed by atoms with Gasteiger partial charge in [-0.15, -0.1) is 0 Å². The third-order valence-electron chi connectivity index (χ3n) is 4.78. The summed E-state index contributed by atoms with van der Waals surface area (Å²) in [5.41, 5.74) is 2.04. The van der Waals surface area contributed by atoms with Crippen LogP contribution in [0.3, 0.4) is 0 Å². The molecule has 0 bridgehead atoms. The molecule has 1 atom stereocenters. The number of aliphatic hydroxyl groups is 1. The first-order valence-electron chi connectivity index (χ1n) is 11.2. The van der Waals surface area contributed by atoms with Crippen molar-refractivity contribution in [1.82, 2.24) is 0 Å². The maximum absolute atomic E-state index is 12.1. The van der Waals surface area contributed by atoms with E-state index >= 15 is 0 Å². The molecule has 0 amide bonds. The molecule has 0 heterocycles. The van der Waals surface area contributed by atoms with E-state index in [0.717, 1.165) is 18.1 Å². The minimum Gasteiger partial charge on any atom is -0.491 e. The van der Waals surface area contributed by atoms with Gasteiger partial charge in [0.25, 0.3) is 0 Å². The number of unbranched alkanes of at least 4 members (excludes halogenated alkanes) is 3. The van der Waals surface area contributed by atoms with Gasteiger partial charge in [-0.2, -0.15) is 0 Å². The number of aryl methyl sites for hydroxylation is 1. The predicted octanol–water partition coefficient (Wildman–Crippen LogP) is 4.90. The molecular weight excluding hydrogens is 420 g/mol. The van der Waals surface area contributed by atoms with Gasteiger partial charge in [0.1, 0.15) is 30.8 Å². The Bertz CT molecular complexity index is 899. The van der Waals surface area contributed by atoms with Crippen LogP contribution in [0.25, 0.3) is 6.08 Å². The van der Waals surface area contributed by atoms with Crippen molar-refractivity contribution in [2.75, 3.05) is 13.2 Å². The fraction of sp³-hybridized carbons (Fsp3) is 0.333. The molecule has 0 aliphatic carbocycles. The van der Waals surface area contributed by atoms with Gasteiger partial charge in [-0.25, -0.2) is 9.59 Å². The van der Waals surface area contributed by atoms with Gasteiger partial charge >= 0.3 is 11.9 Å². The molecule has 1 N–H and O–H groups in total. The van der Waals surface area contributed by atoms with E-state index in [4.69, 9.17) is 14.2 Å². The second-order valence-corrected chi connectivity index (χ2v) is 7.58. The van der Waals surface area contributed by atoms with Gasteiger partial charge in [0.2, 0.25) is 0 Å². The third-order valence-corrected chi connectivity index (χ3v) is 4.78. The van der Waals surface area contributed by atoms with Crippen LogP contribution in [-0.4, -0.2) is 36.4 Å². The Morgan fingerprint density at radius 3 is 2.30 bits per heavy atom. The van der Waals surface area contributed by atoms with Gasteiger partial charge < -0.3 is 19.3 Å². The Morgan fingerprint density at radius 1 is 0.939 bits per heavy atom. The molecule has 0 saturated heterocycles. The summed E-state index contributed by atoms with van der Waals surface area (Å²) in [6.45, 7) is 5.28. The van der Waals surface area contributed by atoms with Gasteiger partial charge in [-0.3, -0.25) is 0 Å². The largest absolute Gasteiger partial charge is 0.491 e. The van der Waals surface area contributed by atoms with E-state index in [9.17, 15) is 14.7 Å². The molecule has 2 aromatic rings. The van der Waals surface area contributed by atoms with Crippen molar-refractivity contribution in [1.29, 1.82) is 0 Å². The predicted molar refractivity (Wildman–Crippen MR) is 128 cm³/mol. The summed E-state index contributed by atoms with van der Waals surface area (Å²) < 4.78 is 15.6. The smallest absolute Gasteiger partial charge is 0.336 e. The van der Waals surface area contributed by atoms with Crippen LogP contribution in [-0.2, 0) is 20.7 Å². The third kappa shape index (κ3) is 10.7. The van der Waals surface area contributed by atoms with Crippen LogP contribution in [0, 0.1) is 0 Å². The molecule has 0 aromatic heterocycles. The van der Waals surface area contributed by atoms with Crippen molar-refractivity contribution >= 4 is 18.0 Å². The first-order chi connectivity index (χ1) is 16.0. The highest BCUT2D eigenvalue weighted by Gasteiger charge is 2.08. The Labute approximate surface area is 195 Å². The van der Waals surface area contributed by atoms with Gasteiger partial charge in [-0.1, -0.05) is 57.0 Å². The Balaban J connectivity index is 1.74. The number of carbonyl (C=O) groups excluding carboxylic acids is 2. The standard InChI is InChI=1S/C27H32O6/c1-3-5-6-7-8-21-11-16-25(17-12-21)33-27(30)18-13-22-9-14-24(15-10-22)31-19-23(28)20-32-26(29)4-2/h4,9-18,23,28H,2-3,5-8,19-20H2,1H3/b18-13+. The van der Waals surface area contributed by atoms with E-state index in [1.54, 1.807) is 30.3 Å². The van der Waals surface area contributed by atoms with Crippen molar-refractivity contribution < 1.29 is 28.9 Å². The van der Waals surface area contributed by atoms with E-state index in [2.05, 4.69) is 13.5 Å². The number of hydrogen-bond donors (Lipinski definition) is 1. The van der Waals surface area contributed by atoms with Crippen LogP contribution >= 0.6 is 0 Å². The van der Waals surface area contributed by atoms with Crippen LogP contribution < -0.4 is 9.47 Å². The lowest BCUT2D eigenvalue weighted by atomic mass is 10.1. The van der Waals surface area contributed by atoms with E-state index in [-0.39, 0.29) is 13.2 Å². The number of hydrogen-bond acceptors (Lipinski definition) is 6. The van der Waals surface area contributed by atoms with Gasteiger partial charge in [-0.05, 0) is 54.3 Å². The highest BCUT2D eigenvalue weighted by atomic mass is 16.5. The fourth-order valence-electron chi connectivity index (χ4n) is 2.95. The van der Waals surface area contributed by atoms with Crippen molar-refractivity contribution in [3.63, 3.8) is 0 Å². The minimum absolute atomic E-state index is 0.0243. The van der Waals surface area contributed by atoms with Crippen molar-refractivity contribution in [3.05, 3.63) is 78.4 Å². The van der Waals surface area contributed by atoms with E-state index in [0.29, 0.717) is 11.5 Å². The molecule has 6 heteroatoms. The van der Waals surface area contributed by atoms with Gasteiger partial charge in [0.05, 0.1) is 0 Å². The zero-order valence-electron chi connectivity index (χ0n) is 19.1. The zero-order chi connectivity index (χ0) is 23.9. The van der Waals surface area contributed by atoms with E-state index in [1.165, 1.54) is 37.3 Å². The summed E-state index contributed by atoms with van der Waals surface area (Å²) >= 11 is 0. The molecule has 176 valence electrons. The number of esters is 2. The number of benzene rings is 2. The highest BCUT2D eigenvalue weighted by Crippen LogP contribution is 2.16. The summed E-state index contributed by atoms with van der Waals surface area (Å²) in [4.78, 5) is 23.1. The molecule has 2 aromatic carbocycles. The molecule has 33 heavy (non-hydrogen) atoms. The molecule has 0 spiro atoms. The van der Waals surface area contributed by atoms with Crippen LogP contribution in [0.4, 0.5) is 0 Å². The fourth-order valence-corrected chi connectivity index (χ4v) is 2.95. The summed E-state index contributed by atoms with van der Waals surface area (Å²) in [5, 5.41) is 9.75. The number of rotatable bonds is 14. The first-order valence-corrected chi connectivity index (χ1v) is 11.2. The maximum atomic E-state index is 12.1. The van der Waals surface area contributed by atoms with Crippen LogP contribution in [0.5, 0.6) is 11.5 Å². The monoisotopic (exact) mass is 452 g/mol. The van der Waals surface area contributed by atoms with Crippen molar-refractivity contribution in [2.45, 2.75) is 45.1 Å². The number of carbonyl (C=O) groups is 2. The van der Waals surface area contributed by atoms with Crippen LogP contribution in [0.15, 0.2) is 67.3 Å². The summed E-state index contributed by atoms with van der Waals surface area (Å²) in [5.74, 6) is 0.00314. The zero-order valence-corrected chi connectivity index (χ0v) is 19.1. The van der Waals surface area contributed by atoms with Crippen molar-refractivity contribution in [2.24, 2.45) is 0 Å². The number of aliphatic hydroxyl groups excluding tert-OH is 1. The second-order valence-electron chi connectivity index (χ2n) is 7.58. The topological polar surface area (TPSA) is 82.1 Å². The lowest BCUT2D eigenvalue weighted by Gasteiger charge is -2.12. The summed E-state index contributed by atoms with van der Waals surface area (Å²) in [6, 6.07) is 14.6. The normalized spacial score (nSPS) is 11.7. The maximum Gasteiger partial charge on any atom is 0.336 e. The molecular formula is C27H32O6. The molecule has 0 saturated carbocycles. The molecule has 2 rings (SSSR count). The summed E-state index contributed by atoms with van der Waals surface area (Å²) in [6.07, 6.45) is 9.03. The van der Waals surface area contributed by atoms with Crippen LogP contribution in [0.1, 0.15) is 43.7 Å². The van der Waals surface area contributed by atoms with E-state index < -0.39 is 18.0 Å². The Kier molecular flexibility index (Phi) is 11.5. The molecule has 0 aliphatic heterocycles. The average Bonchev–Trinajstić information content (AvgIpc) is 2.84. The SMILES string of the molecule is C=CC(=O)OCC(O)COc1ccc(/C=C/C(=O)Oc2ccc(CCCCCC)cc2)cc1. The molecule has 1 unspecified atom stereocenters.